The van der Waals surface area contributed by atoms with E-state index in [1.165, 1.54) is 11.3 Å². The van der Waals surface area contributed by atoms with Gasteiger partial charge in [0.05, 0.1) is 26.2 Å². The summed E-state index contributed by atoms with van der Waals surface area (Å²) < 4.78 is 28.2. The zero-order valence-electron chi connectivity index (χ0n) is 20.9. The molecule has 2 rings (SSSR count). The third kappa shape index (κ3) is 10.8. The molecule has 0 saturated carbocycles. The van der Waals surface area contributed by atoms with Crippen LogP contribution >= 0.6 is 11.3 Å². The molecule has 0 saturated heterocycles. The van der Waals surface area contributed by atoms with E-state index in [4.69, 9.17) is 23.7 Å². The van der Waals surface area contributed by atoms with Crippen LogP contribution in [0, 0.1) is 10.8 Å². The van der Waals surface area contributed by atoms with Crippen molar-refractivity contribution in [3.8, 4) is 11.5 Å². The predicted molar refractivity (Wildman–Crippen MR) is 127 cm³/mol. The molecule has 2 heterocycles. The fraction of sp³-hybridized carbons (Fsp3) is 0.750. The van der Waals surface area contributed by atoms with Crippen molar-refractivity contribution in [1.29, 1.82) is 0 Å². The summed E-state index contributed by atoms with van der Waals surface area (Å²) in [6.07, 6.45) is 0.0520. The zero-order chi connectivity index (χ0) is 24.7. The minimum Gasteiger partial charge on any atom is -0.485 e. The second-order valence-electron chi connectivity index (χ2n) is 11.0. The first-order valence-electron chi connectivity index (χ1n) is 11.2. The third-order valence-corrected chi connectivity index (χ3v) is 5.34. The van der Waals surface area contributed by atoms with Crippen LogP contribution in [-0.2, 0) is 23.8 Å². The molecule has 0 aliphatic carbocycles. The van der Waals surface area contributed by atoms with Gasteiger partial charge in [0, 0.05) is 22.7 Å². The minimum atomic E-state index is -0.497. The van der Waals surface area contributed by atoms with Crippen molar-refractivity contribution in [1.82, 2.24) is 5.32 Å². The van der Waals surface area contributed by atoms with Crippen molar-refractivity contribution >= 4 is 23.2 Å². The van der Waals surface area contributed by atoms with Crippen LogP contribution < -0.4 is 14.8 Å². The van der Waals surface area contributed by atoms with Crippen molar-refractivity contribution in [2.24, 2.45) is 10.8 Å². The van der Waals surface area contributed by atoms with Crippen LogP contribution in [-0.4, -0.2) is 63.2 Å². The van der Waals surface area contributed by atoms with Crippen molar-refractivity contribution in [2.45, 2.75) is 66.6 Å². The average Bonchev–Trinajstić information content (AvgIpc) is 3.12. The Hall–Kier alpha value is -1.84. The molecule has 1 aliphatic rings. The van der Waals surface area contributed by atoms with Gasteiger partial charge in [0.1, 0.15) is 18.8 Å². The minimum absolute atomic E-state index is 0.0454. The molecule has 0 fully saturated rings. The largest absolute Gasteiger partial charge is 0.485 e. The maximum Gasteiger partial charge on any atom is 0.306 e. The second-order valence-corrected chi connectivity index (χ2v) is 11.8. The molecule has 1 aromatic heterocycles. The molecule has 1 amide bonds. The van der Waals surface area contributed by atoms with Gasteiger partial charge in [-0.2, -0.15) is 0 Å². The van der Waals surface area contributed by atoms with Gasteiger partial charge in [-0.25, -0.2) is 0 Å². The number of carbonyl (C=O) groups excluding carboxylic acids is 2. The van der Waals surface area contributed by atoms with Crippen LogP contribution in [0.1, 0.15) is 54.9 Å². The molecule has 0 radical (unpaired) electrons. The van der Waals surface area contributed by atoms with E-state index in [1.54, 1.807) is 0 Å². The number of esters is 1. The lowest BCUT2D eigenvalue weighted by Gasteiger charge is -2.29. The fourth-order valence-electron chi connectivity index (χ4n) is 3.09. The van der Waals surface area contributed by atoms with Crippen molar-refractivity contribution in [3.05, 3.63) is 10.8 Å². The highest BCUT2D eigenvalue weighted by Gasteiger charge is 2.28. The number of ether oxygens (including phenoxy) is 5. The number of nitrogens with one attached hydrogen (secondary N) is 1. The van der Waals surface area contributed by atoms with Gasteiger partial charge in [-0.05, 0) is 26.2 Å². The third-order valence-electron chi connectivity index (χ3n) is 4.64. The SMILES string of the molecule is CC(C)(CNC(=O)COCC1COc2cscc2O1)COCC(C)(C)CC(=O)OC(C)(C)C. The standard InChI is InChI=1S/C24H39NO7S/c1-22(2,3)32-21(27)8-23(4,5)15-29-16-24(6,7)14-25-20(26)11-28-9-17-10-30-18-12-33-13-19(18)31-17/h12-13,17H,8-11,14-16H2,1-7H3,(H,25,26). The van der Waals surface area contributed by atoms with Crippen molar-refractivity contribution < 1.29 is 33.3 Å². The van der Waals surface area contributed by atoms with Gasteiger partial charge in [0.25, 0.3) is 0 Å². The van der Waals surface area contributed by atoms with Gasteiger partial charge in [0.2, 0.25) is 5.91 Å². The van der Waals surface area contributed by atoms with E-state index in [0.717, 1.165) is 11.5 Å². The quantitative estimate of drug-likeness (QED) is 0.450. The van der Waals surface area contributed by atoms with E-state index < -0.39 is 5.60 Å². The Kier molecular flexibility index (Phi) is 9.58. The lowest BCUT2D eigenvalue weighted by molar-refractivity contribution is -0.158. The molecule has 1 N–H and O–H groups in total. The summed E-state index contributed by atoms with van der Waals surface area (Å²) in [4.78, 5) is 24.2. The van der Waals surface area contributed by atoms with Gasteiger partial charge < -0.3 is 29.0 Å². The molecule has 1 unspecified atom stereocenters. The van der Waals surface area contributed by atoms with Crippen LogP contribution in [0.4, 0.5) is 0 Å². The molecule has 1 aromatic rings. The molecule has 1 atom stereocenters. The van der Waals surface area contributed by atoms with E-state index in [1.807, 2.05) is 59.2 Å². The summed E-state index contributed by atoms with van der Waals surface area (Å²) in [5, 5.41) is 6.67. The summed E-state index contributed by atoms with van der Waals surface area (Å²) in [5.74, 6) is 1.05. The number of hydrogen-bond acceptors (Lipinski definition) is 8. The highest BCUT2D eigenvalue weighted by molar-refractivity contribution is 7.08. The smallest absolute Gasteiger partial charge is 0.306 e. The number of hydrogen-bond donors (Lipinski definition) is 1. The average molecular weight is 486 g/mol. The molecule has 33 heavy (non-hydrogen) atoms. The van der Waals surface area contributed by atoms with E-state index >= 15 is 0 Å². The van der Waals surface area contributed by atoms with Gasteiger partial charge in [-0.3, -0.25) is 9.59 Å². The van der Waals surface area contributed by atoms with E-state index in [0.29, 0.717) is 26.4 Å². The Morgan fingerprint density at radius 2 is 1.70 bits per heavy atom. The van der Waals surface area contributed by atoms with Gasteiger partial charge in [-0.15, -0.1) is 11.3 Å². The Morgan fingerprint density at radius 3 is 2.39 bits per heavy atom. The number of thiophene rings is 1. The first kappa shape index (κ1) is 27.4. The summed E-state index contributed by atoms with van der Waals surface area (Å²) in [6, 6.07) is 0. The van der Waals surface area contributed by atoms with Crippen LogP contribution in [0.5, 0.6) is 11.5 Å². The monoisotopic (exact) mass is 485 g/mol. The van der Waals surface area contributed by atoms with Gasteiger partial charge in [0.15, 0.2) is 17.6 Å². The highest BCUT2D eigenvalue weighted by Crippen LogP contribution is 2.35. The van der Waals surface area contributed by atoms with Crippen LogP contribution in [0.3, 0.4) is 0 Å². The van der Waals surface area contributed by atoms with Crippen molar-refractivity contribution in [3.63, 3.8) is 0 Å². The second kappa shape index (κ2) is 11.5. The Morgan fingerprint density at radius 1 is 1.03 bits per heavy atom. The normalized spacial score (nSPS) is 16.4. The lowest BCUT2D eigenvalue weighted by atomic mass is 9.90. The molecular weight excluding hydrogens is 446 g/mol. The molecule has 8 nitrogen and oxygen atoms in total. The lowest BCUT2D eigenvalue weighted by Crippen LogP contribution is -2.40. The van der Waals surface area contributed by atoms with Crippen LogP contribution in [0.15, 0.2) is 10.8 Å². The summed E-state index contributed by atoms with van der Waals surface area (Å²) >= 11 is 1.52. The summed E-state index contributed by atoms with van der Waals surface area (Å²) in [5.41, 5.74) is -1.11. The molecule has 0 bridgehead atoms. The van der Waals surface area contributed by atoms with Gasteiger partial charge in [-0.1, -0.05) is 27.7 Å². The first-order chi connectivity index (χ1) is 15.2. The molecule has 188 valence electrons. The number of rotatable bonds is 12. The fourth-order valence-corrected chi connectivity index (χ4v) is 3.76. The van der Waals surface area contributed by atoms with Crippen LogP contribution in [0.25, 0.3) is 0 Å². The summed E-state index contributed by atoms with van der Waals surface area (Å²) in [7, 11) is 0. The Bertz CT molecular complexity index is 782. The maximum absolute atomic E-state index is 12.2. The molecule has 9 heteroatoms. The summed E-state index contributed by atoms with van der Waals surface area (Å²) in [6.45, 7) is 15.5. The van der Waals surface area contributed by atoms with E-state index in [9.17, 15) is 9.59 Å². The molecule has 0 spiro atoms. The topological polar surface area (TPSA) is 92.3 Å². The number of amides is 1. The number of carbonyl (C=O) groups is 2. The van der Waals surface area contributed by atoms with Crippen molar-refractivity contribution in [2.75, 3.05) is 39.6 Å². The zero-order valence-corrected chi connectivity index (χ0v) is 21.8. The molecule has 1 aliphatic heterocycles. The van der Waals surface area contributed by atoms with E-state index in [2.05, 4.69) is 5.32 Å². The Labute approximate surface area is 201 Å². The highest BCUT2D eigenvalue weighted by atomic mass is 32.1. The van der Waals surface area contributed by atoms with E-state index in [-0.39, 0.29) is 48.4 Å². The van der Waals surface area contributed by atoms with Crippen LogP contribution in [0.2, 0.25) is 0 Å². The van der Waals surface area contributed by atoms with Gasteiger partial charge >= 0.3 is 5.97 Å². The molecule has 0 aromatic carbocycles. The molecular formula is C24H39NO7S. The first-order valence-corrected chi connectivity index (χ1v) is 12.2. The number of fused-ring (bicyclic) bond motifs is 1. The maximum atomic E-state index is 12.2. The Balaban J connectivity index is 1.60. The predicted octanol–water partition coefficient (Wildman–Crippen LogP) is 3.82.